The molecule has 0 radical (unpaired) electrons. The minimum absolute atomic E-state index is 0.0569. The number of benzene rings is 1. The summed E-state index contributed by atoms with van der Waals surface area (Å²) in [5.74, 6) is -0.948. The first kappa shape index (κ1) is 11.7. The van der Waals surface area contributed by atoms with Gasteiger partial charge >= 0.3 is 0 Å². The first-order valence-electron chi connectivity index (χ1n) is 5.03. The third kappa shape index (κ3) is 3.67. The summed E-state index contributed by atoms with van der Waals surface area (Å²) in [6, 6.07) is 5.90. The summed E-state index contributed by atoms with van der Waals surface area (Å²) in [4.78, 5) is 11.4. The van der Waals surface area contributed by atoms with Gasteiger partial charge in [0.1, 0.15) is 5.82 Å². The molecule has 0 aliphatic heterocycles. The van der Waals surface area contributed by atoms with E-state index in [1.807, 2.05) is 0 Å². The van der Waals surface area contributed by atoms with Crippen molar-refractivity contribution in [2.24, 2.45) is 0 Å². The minimum Gasteiger partial charge on any atom is -0.287 e. The van der Waals surface area contributed by atoms with Crippen molar-refractivity contribution in [3.05, 3.63) is 35.6 Å². The lowest BCUT2D eigenvalue weighted by Crippen LogP contribution is -2.38. The Bertz CT molecular complexity index is 328. The molecular weight excluding hydrogens is 195 g/mol. The van der Waals surface area contributed by atoms with Crippen molar-refractivity contribution in [3.8, 4) is 0 Å². The van der Waals surface area contributed by atoms with Gasteiger partial charge < -0.3 is 0 Å². The molecule has 82 valence electrons. The summed E-state index contributed by atoms with van der Waals surface area (Å²) < 4.78 is 13.1. The molecule has 0 atom stereocenters. The third-order valence-electron chi connectivity index (χ3n) is 1.98. The number of unbranched alkanes of at least 4 members (excludes halogenated alkanes) is 1. The van der Waals surface area contributed by atoms with E-state index >= 15 is 0 Å². The van der Waals surface area contributed by atoms with Crippen molar-refractivity contribution < 1.29 is 9.18 Å². The lowest BCUT2D eigenvalue weighted by atomic mass is 10.2. The van der Waals surface area contributed by atoms with Crippen LogP contribution in [-0.4, -0.2) is 12.5 Å². The van der Waals surface area contributed by atoms with Gasteiger partial charge in [-0.25, -0.2) is 9.82 Å². The summed E-state index contributed by atoms with van der Waals surface area (Å²) in [6.07, 6.45) is 2.01. The van der Waals surface area contributed by atoms with Crippen LogP contribution in [0, 0.1) is 5.82 Å². The first-order chi connectivity index (χ1) is 7.25. The van der Waals surface area contributed by atoms with E-state index in [1.54, 1.807) is 12.1 Å². The highest BCUT2D eigenvalue weighted by molar-refractivity contribution is 5.94. The number of carbonyl (C=O) groups excluding carboxylic acids is 1. The summed E-state index contributed by atoms with van der Waals surface area (Å²) in [6.45, 7) is 2.75. The van der Waals surface area contributed by atoms with Crippen LogP contribution in [0.15, 0.2) is 24.3 Å². The van der Waals surface area contributed by atoms with Gasteiger partial charge in [0.15, 0.2) is 0 Å². The van der Waals surface area contributed by atoms with Gasteiger partial charge in [-0.15, -0.1) is 0 Å². The maximum absolute atomic E-state index is 13.1. The lowest BCUT2D eigenvalue weighted by Gasteiger charge is -2.06. The molecular formula is C11H15FN2O. The van der Waals surface area contributed by atoms with Crippen molar-refractivity contribution in [2.75, 3.05) is 6.54 Å². The Morgan fingerprint density at radius 3 is 2.80 bits per heavy atom. The number of halogens is 1. The largest absolute Gasteiger partial charge is 0.287 e. The van der Waals surface area contributed by atoms with Crippen LogP contribution in [0.5, 0.6) is 0 Å². The van der Waals surface area contributed by atoms with Crippen molar-refractivity contribution in [3.63, 3.8) is 0 Å². The molecule has 0 saturated carbocycles. The molecule has 0 unspecified atom stereocenters. The molecule has 0 spiro atoms. The standard InChI is InChI=1S/C11H15FN2O/c1-2-3-8-13-14-11(15)9-6-4-5-7-10(9)12/h4-7,13H,2-3,8H2,1H3,(H,14,15). The third-order valence-corrected chi connectivity index (χ3v) is 1.98. The molecule has 2 N–H and O–H groups in total. The Morgan fingerprint density at radius 2 is 2.13 bits per heavy atom. The molecule has 1 amide bonds. The van der Waals surface area contributed by atoms with Gasteiger partial charge in [-0.05, 0) is 18.6 Å². The molecule has 1 rings (SSSR count). The number of hydrogen-bond acceptors (Lipinski definition) is 2. The zero-order valence-electron chi connectivity index (χ0n) is 8.72. The number of rotatable bonds is 5. The maximum Gasteiger partial charge on any atom is 0.268 e. The normalized spacial score (nSPS) is 10.0. The van der Waals surface area contributed by atoms with Crippen LogP contribution in [0.1, 0.15) is 30.1 Å². The van der Waals surface area contributed by atoms with Gasteiger partial charge in [-0.3, -0.25) is 10.2 Å². The molecule has 4 heteroatoms. The van der Waals surface area contributed by atoms with Crippen LogP contribution >= 0.6 is 0 Å². The Hall–Kier alpha value is -1.42. The molecule has 0 saturated heterocycles. The molecule has 0 fully saturated rings. The smallest absolute Gasteiger partial charge is 0.268 e. The highest BCUT2D eigenvalue weighted by Gasteiger charge is 2.08. The van der Waals surface area contributed by atoms with Crippen molar-refractivity contribution in [2.45, 2.75) is 19.8 Å². The summed E-state index contributed by atoms with van der Waals surface area (Å²) in [5.41, 5.74) is 5.25. The molecule has 0 aliphatic rings. The number of carbonyl (C=O) groups is 1. The molecule has 0 aliphatic carbocycles. The van der Waals surface area contributed by atoms with Gasteiger partial charge in [-0.1, -0.05) is 25.5 Å². The monoisotopic (exact) mass is 210 g/mol. The maximum atomic E-state index is 13.1. The summed E-state index contributed by atoms with van der Waals surface area (Å²) in [7, 11) is 0. The van der Waals surface area contributed by atoms with Gasteiger partial charge in [0.25, 0.3) is 5.91 Å². The number of amides is 1. The average molecular weight is 210 g/mol. The fraction of sp³-hybridized carbons (Fsp3) is 0.364. The summed E-state index contributed by atoms with van der Waals surface area (Å²) in [5, 5.41) is 0. The first-order valence-corrected chi connectivity index (χ1v) is 5.03. The molecule has 15 heavy (non-hydrogen) atoms. The second-order valence-electron chi connectivity index (χ2n) is 3.21. The fourth-order valence-corrected chi connectivity index (χ4v) is 1.12. The molecule has 1 aromatic carbocycles. The zero-order valence-corrected chi connectivity index (χ0v) is 8.72. The van der Waals surface area contributed by atoms with E-state index in [0.717, 1.165) is 12.8 Å². The summed E-state index contributed by atoms with van der Waals surface area (Å²) >= 11 is 0. The van der Waals surface area contributed by atoms with Gasteiger partial charge in [0.05, 0.1) is 5.56 Å². The van der Waals surface area contributed by atoms with E-state index in [4.69, 9.17) is 0 Å². The van der Waals surface area contributed by atoms with E-state index < -0.39 is 11.7 Å². The Kier molecular flexibility index (Phi) is 4.77. The average Bonchev–Trinajstić information content (AvgIpc) is 2.25. The molecule has 0 bridgehead atoms. The second kappa shape index (κ2) is 6.14. The van der Waals surface area contributed by atoms with E-state index in [0.29, 0.717) is 6.54 Å². The van der Waals surface area contributed by atoms with Crippen LogP contribution < -0.4 is 10.9 Å². The van der Waals surface area contributed by atoms with Crippen LogP contribution in [-0.2, 0) is 0 Å². The van der Waals surface area contributed by atoms with E-state index in [1.165, 1.54) is 12.1 Å². The number of hydrogen-bond donors (Lipinski definition) is 2. The van der Waals surface area contributed by atoms with Gasteiger partial charge in [0, 0.05) is 6.54 Å². The highest BCUT2D eigenvalue weighted by atomic mass is 19.1. The van der Waals surface area contributed by atoms with Crippen LogP contribution in [0.3, 0.4) is 0 Å². The predicted molar refractivity (Wildman–Crippen MR) is 56.8 cm³/mol. The SMILES string of the molecule is CCCCNNC(=O)c1ccccc1F. The Balaban J connectivity index is 2.44. The fourth-order valence-electron chi connectivity index (χ4n) is 1.12. The van der Waals surface area contributed by atoms with E-state index in [2.05, 4.69) is 17.8 Å². The Morgan fingerprint density at radius 1 is 1.40 bits per heavy atom. The molecule has 0 aromatic heterocycles. The van der Waals surface area contributed by atoms with Crippen LogP contribution in [0.4, 0.5) is 4.39 Å². The van der Waals surface area contributed by atoms with E-state index in [9.17, 15) is 9.18 Å². The van der Waals surface area contributed by atoms with Crippen LogP contribution in [0.2, 0.25) is 0 Å². The minimum atomic E-state index is -0.507. The van der Waals surface area contributed by atoms with Crippen LogP contribution in [0.25, 0.3) is 0 Å². The highest BCUT2D eigenvalue weighted by Crippen LogP contribution is 2.04. The van der Waals surface area contributed by atoms with Crippen molar-refractivity contribution >= 4 is 5.91 Å². The predicted octanol–water partition coefficient (Wildman–Crippen LogP) is 1.86. The van der Waals surface area contributed by atoms with E-state index in [-0.39, 0.29) is 5.56 Å². The molecule has 3 nitrogen and oxygen atoms in total. The topological polar surface area (TPSA) is 41.1 Å². The quantitative estimate of drug-likeness (QED) is 0.575. The number of nitrogens with one attached hydrogen (secondary N) is 2. The molecule has 0 heterocycles. The van der Waals surface area contributed by atoms with Gasteiger partial charge in [0.2, 0.25) is 0 Å². The lowest BCUT2D eigenvalue weighted by molar-refractivity contribution is 0.0929. The number of hydrazine groups is 1. The zero-order chi connectivity index (χ0) is 11.1. The van der Waals surface area contributed by atoms with Gasteiger partial charge in [-0.2, -0.15) is 0 Å². The Labute approximate surface area is 88.7 Å². The second-order valence-corrected chi connectivity index (χ2v) is 3.21. The molecule has 1 aromatic rings. The van der Waals surface area contributed by atoms with Crippen molar-refractivity contribution in [1.29, 1.82) is 0 Å². The van der Waals surface area contributed by atoms with Crippen molar-refractivity contribution in [1.82, 2.24) is 10.9 Å².